The zero-order chi connectivity index (χ0) is 21.0. The Hall–Kier alpha value is -2.84. The van der Waals surface area contributed by atoms with Gasteiger partial charge in [-0.25, -0.2) is 4.39 Å². The van der Waals surface area contributed by atoms with Crippen molar-refractivity contribution in [2.75, 3.05) is 5.32 Å². The summed E-state index contributed by atoms with van der Waals surface area (Å²) in [5.74, 6) is -2.03. The summed E-state index contributed by atoms with van der Waals surface area (Å²) in [5.41, 5.74) is 1.56. The second-order valence-electron chi connectivity index (χ2n) is 7.02. The van der Waals surface area contributed by atoms with E-state index >= 15 is 0 Å². The van der Waals surface area contributed by atoms with Crippen LogP contribution in [-0.2, 0) is 4.79 Å². The molecular formula is C20H21F4N3O2. The second kappa shape index (κ2) is 8.67. The summed E-state index contributed by atoms with van der Waals surface area (Å²) >= 11 is 0. The number of carbonyl (C=O) groups is 1. The van der Waals surface area contributed by atoms with Crippen LogP contribution in [0, 0.1) is 5.82 Å². The molecule has 0 saturated heterocycles. The maximum absolute atomic E-state index is 14.0. The van der Waals surface area contributed by atoms with Gasteiger partial charge in [0.1, 0.15) is 0 Å². The number of nitrogens with zero attached hydrogens (tertiary/aromatic N) is 1. The van der Waals surface area contributed by atoms with Crippen molar-refractivity contribution in [1.29, 1.82) is 0 Å². The highest BCUT2D eigenvalue weighted by atomic mass is 19.4. The highest BCUT2D eigenvalue weighted by molar-refractivity contribution is 5.73. The van der Waals surface area contributed by atoms with Crippen molar-refractivity contribution in [1.82, 2.24) is 10.3 Å². The highest BCUT2D eigenvalue weighted by Gasteiger charge is 2.32. The number of amides is 1. The van der Waals surface area contributed by atoms with Gasteiger partial charge in [0.25, 0.3) is 0 Å². The maximum atomic E-state index is 14.0. The predicted molar refractivity (Wildman–Crippen MR) is 99.8 cm³/mol. The van der Waals surface area contributed by atoms with Crippen molar-refractivity contribution in [3.05, 3.63) is 42.3 Å². The summed E-state index contributed by atoms with van der Waals surface area (Å²) in [7, 11) is 0. The van der Waals surface area contributed by atoms with Gasteiger partial charge in [-0.2, -0.15) is 0 Å². The van der Waals surface area contributed by atoms with Crippen LogP contribution in [0.5, 0.6) is 5.75 Å². The number of nitrogens with one attached hydrogen (secondary N) is 2. The standard InChI is InChI=1S/C20H21F4N3O2/c1-12(28)26-14-3-5-15(6-4-14)27-16-8-9-25-18(11-16)13-2-7-19(17(21)10-13)29-20(22,23)24/h2,7-11,14-15H,3-6H2,1H3,(H,25,27)(H,26,28)/t14-,15+. The molecule has 1 fully saturated rings. The highest BCUT2D eigenvalue weighted by Crippen LogP contribution is 2.30. The molecule has 1 aliphatic carbocycles. The molecule has 5 nitrogen and oxygen atoms in total. The van der Waals surface area contributed by atoms with E-state index in [2.05, 4.69) is 20.4 Å². The van der Waals surface area contributed by atoms with Crippen LogP contribution in [0.25, 0.3) is 11.3 Å². The lowest BCUT2D eigenvalue weighted by molar-refractivity contribution is -0.275. The average molecular weight is 411 g/mol. The van der Waals surface area contributed by atoms with E-state index in [0.717, 1.165) is 43.5 Å². The summed E-state index contributed by atoms with van der Waals surface area (Å²) in [5, 5.41) is 6.33. The molecule has 2 N–H and O–H groups in total. The molecule has 0 aliphatic heterocycles. The van der Waals surface area contributed by atoms with Gasteiger partial charge in [-0.3, -0.25) is 9.78 Å². The lowest BCUT2D eigenvalue weighted by atomic mass is 9.91. The van der Waals surface area contributed by atoms with Crippen LogP contribution >= 0.6 is 0 Å². The molecule has 1 aliphatic rings. The molecule has 2 aromatic rings. The number of rotatable bonds is 5. The van der Waals surface area contributed by atoms with Crippen molar-refractivity contribution in [3.63, 3.8) is 0 Å². The van der Waals surface area contributed by atoms with Gasteiger partial charge < -0.3 is 15.4 Å². The van der Waals surface area contributed by atoms with Crippen LogP contribution in [0.4, 0.5) is 23.2 Å². The Morgan fingerprint density at radius 3 is 2.41 bits per heavy atom. The molecule has 156 valence electrons. The van der Waals surface area contributed by atoms with Crippen molar-refractivity contribution < 1.29 is 27.1 Å². The third-order valence-electron chi connectivity index (χ3n) is 4.72. The van der Waals surface area contributed by atoms with Gasteiger partial charge in [0.05, 0.1) is 5.69 Å². The molecule has 0 radical (unpaired) electrons. The van der Waals surface area contributed by atoms with Gasteiger partial charge >= 0.3 is 6.36 Å². The Morgan fingerprint density at radius 1 is 1.10 bits per heavy atom. The Morgan fingerprint density at radius 2 is 1.79 bits per heavy atom. The fourth-order valence-electron chi connectivity index (χ4n) is 3.45. The molecule has 1 amide bonds. The molecule has 29 heavy (non-hydrogen) atoms. The number of pyridine rings is 1. The molecule has 0 atom stereocenters. The van der Waals surface area contributed by atoms with Crippen molar-refractivity contribution in [2.45, 2.75) is 51.1 Å². The zero-order valence-corrected chi connectivity index (χ0v) is 15.7. The summed E-state index contributed by atoms with van der Waals surface area (Å²) < 4.78 is 54.4. The van der Waals surface area contributed by atoms with Gasteiger partial charge in [0.2, 0.25) is 5.91 Å². The Balaban J connectivity index is 1.66. The van der Waals surface area contributed by atoms with Crippen LogP contribution in [0.2, 0.25) is 0 Å². The average Bonchev–Trinajstić information content (AvgIpc) is 2.64. The van der Waals surface area contributed by atoms with E-state index in [1.165, 1.54) is 13.0 Å². The number of aromatic nitrogens is 1. The normalized spacial score (nSPS) is 19.5. The number of hydrogen-bond acceptors (Lipinski definition) is 4. The summed E-state index contributed by atoms with van der Waals surface area (Å²) in [6.45, 7) is 1.51. The van der Waals surface area contributed by atoms with Crippen LogP contribution < -0.4 is 15.4 Å². The lowest BCUT2D eigenvalue weighted by Gasteiger charge is -2.30. The molecule has 3 rings (SSSR count). The number of ether oxygens (including phenoxy) is 1. The summed E-state index contributed by atoms with van der Waals surface area (Å²) in [6.07, 6.45) is 0.131. The van der Waals surface area contributed by atoms with Gasteiger partial charge in [-0.05, 0) is 56.0 Å². The van der Waals surface area contributed by atoms with Crippen molar-refractivity contribution in [2.24, 2.45) is 0 Å². The van der Waals surface area contributed by atoms with E-state index in [4.69, 9.17) is 0 Å². The van der Waals surface area contributed by atoms with Gasteiger partial charge in [0, 0.05) is 36.5 Å². The molecule has 1 aromatic carbocycles. The van der Waals surface area contributed by atoms with E-state index in [1.54, 1.807) is 18.3 Å². The smallest absolute Gasteiger partial charge is 0.403 e. The Kier molecular flexibility index (Phi) is 6.24. The van der Waals surface area contributed by atoms with Crippen LogP contribution in [0.15, 0.2) is 36.5 Å². The lowest BCUT2D eigenvalue weighted by Crippen LogP contribution is -2.39. The quantitative estimate of drug-likeness (QED) is 0.704. The largest absolute Gasteiger partial charge is 0.573 e. The predicted octanol–water partition coefficient (Wildman–Crippen LogP) is 4.65. The molecule has 0 unspecified atom stereocenters. The van der Waals surface area contributed by atoms with E-state index in [1.807, 2.05) is 0 Å². The van der Waals surface area contributed by atoms with E-state index in [-0.39, 0.29) is 18.0 Å². The van der Waals surface area contributed by atoms with E-state index in [0.29, 0.717) is 11.3 Å². The molecular weight excluding hydrogens is 390 g/mol. The molecule has 0 bridgehead atoms. The summed E-state index contributed by atoms with van der Waals surface area (Å²) in [6, 6.07) is 7.15. The zero-order valence-electron chi connectivity index (χ0n) is 15.7. The number of alkyl halides is 3. The molecule has 1 aromatic heterocycles. The van der Waals surface area contributed by atoms with Crippen LogP contribution in [0.3, 0.4) is 0 Å². The van der Waals surface area contributed by atoms with Crippen molar-refractivity contribution >= 4 is 11.6 Å². The molecule has 9 heteroatoms. The number of halogens is 4. The third-order valence-corrected chi connectivity index (χ3v) is 4.72. The first-order chi connectivity index (χ1) is 13.7. The van der Waals surface area contributed by atoms with Crippen LogP contribution in [0.1, 0.15) is 32.6 Å². The minimum atomic E-state index is -4.95. The summed E-state index contributed by atoms with van der Waals surface area (Å²) in [4.78, 5) is 15.3. The maximum Gasteiger partial charge on any atom is 0.573 e. The van der Waals surface area contributed by atoms with Gasteiger partial charge in [-0.15, -0.1) is 13.2 Å². The Bertz CT molecular complexity index is 865. The van der Waals surface area contributed by atoms with E-state index in [9.17, 15) is 22.4 Å². The SMILES string of the molecule is CC(=O)N[C@H]1CC[C@@H](Nc2ccnc(-c3ccc(OC(F)(F)F)c(F)c3)c2)CC1. The first-order valence-corrected chi connectivity index (χ1v) is 9.25. The number of benzene rings is 1. The third kappa shape index (κ3) is 6.07. The second-order valence-corrected chi connectivity index (χ2v) is 7.02. The van der Waals surface area contributed by atoms with Crippen LogP contribution in [-0.4, -0.2) is 29.3 Å². The van der Waals surface area contributed by atoms with E-state index < -0.39 is 17.9 Å². The topological polar surface area (TPSA) is 63.2 Å². The fourth-order valence-corrected chi connectivity index (χ4v) is 3.45. The fraction of sp³-hybridized carbons (Fsp3) is 0.400. The van der Waals surface area contributed by atoms with Gasteiger partial charge in [-0.1, -0.05) is 0 Å². The molecule has 1 saturated carbocycles. The first kappa shape index (κ1) is 20.9. The minimum absolute atomic E-state index is 0.0286. The number of anilines is 1. The monoisotopic (exact) mass is 411 g/mol. The first-order valence-electron chi connectivity index (χ1n) is 9.25. The van der Waals surface area contributed by atoms with Crippen molar-refractivity contribution in [3.8, 4) is 17.0 Å². The molecule has 1 heterocycles. The van der Waals surface area contributed by atoms with Gasteiger partial charge in [0.15, 0.2) is 11.6 Å². The Labute approximate surface area is 165 Å². The number of carbonyl (C=O) groups excluding carboxylic acids is 1. The minimum Gasteiger partial charge on any atom is -0.403 e. The molecule has 0 spiro atoms. The number of hydrogen-bond donors (Lipinski definition) is 2.